The number of hydrogen-bond acceptors (Lipinski definition) is 2. The van der Waals surface area contributed by atoms with E-state index in [0.717, 1.165) is 0 Å². The maximum atomic E-state index is 9.60. The molecule has 0 heterocycles. The van der Waals surface area contributed by atoms with Gasteiger partial charge in [-0.25, -0.2) is 9.59 Å². The third-order valence-electron chi connectivity index (χ3n) is 0.730. The molecule has 0 spiro atoms. The second kappa shape index (κ2) is 8.52. The summed E-state index contributed by atoms with van der Waals surface area (Å²) in [5.74, 6) is -1.87. The molecule has 72 valence electrons. The average molecular weight is 184 g/mol. The highest BCUT2D eigenvalue weighted by Gasteiger charge is 1.90. The zero-order valence-corrected chi connectivity index (χ0v) is 7.63. The van der Waals surface area contributed by atoms with Gasteiger partial charge in [0, 0.05) is 18.6 Å². The number of rotatable bonds is 2. The zero-order chi connectivity index (χ0) is 10.3. The van der Waals surface area contributed by atoms with Crippen LogP contribution in [0.4, 0.5) is 0 Å². The van der Waals surface area contributed by atoms with E-state index < -0.39 is 11.9 Å². The van der Waals surface area contributed by atoms with Crippen molar-refractivity contribution in [2.75, 3.05) is 0 Å². The van der Waals surface area contributed by atoms with E-state index in [1.54, 1.807) is 0 Å². The highest BCUT2D eigenvalue weighted by atomic mass is 16.4. The fourth-order valence-electron chi connectivity index (χ4n) is 0. The molecule has 0 saturated carbocycles. The molecule has 0 aromatic heterocycles. The summed E-state index contributed by atoms with van der Waals surface area (Å²) < 4.78 is 0. The summed E-state index contributed by atoms with van der Waals surface area (Å²) in [6, 6.07) is 0. The van der Waals surface area contributed by atoms with Crippen LogP contribution in [0.15, 0.2) is 24.3 Å². The second-order valence-corrected chi connectivity index (χ2v) is 2.17. The Morgan fingerprint density at radius 3 is 1.00 bits per heavy atom. The lowest BCUT2D eigenvalue weighted by molar-refractivity contribution is -0.133. The summed E-state index contributed by atoms with van der Waals surface area (Å²) in [6.07, 6.45) is 0. The van der Waals surface area contributed by atoms with Crippen molar-refractivity contribution in [3.05, 3.63) is 31.7 Å². The molecule has 0 bridgehead atoms. The molecule has 0 fully saturated rings. The molecule has 0 rings (SSSR count). The summed E-state index contributed by atoms with van der Waals surface area (Å²) in [4.78, 5) is 19.2. The Balaban J connectivity index is -0.000000143. The van der Waals surface area contributed by atoms with Crippen molar-refractivity contribution in [3.8, 4) is 0 Å². The molecule has 0 aromatic rings. The van der Waals surface area contributed by atoms with Gasteiger partial charge in [-0.15, -0.1) is 0 Å². The van der Waals surface area contributed by atoms with Gasteiger partial charge in [0.2, 0.25) is 0 Å². The Hall–Kier alpha value is -1.58. The van der Waals surface area contributed by atoms with Crippen LogP contribution in [0.3, 0.4) is 0 Å². The zero-order valence-electron chi connectivity index (χ0n) is 7.63. The summed E-state index contributed by atoms with van der Waals surface area (Å²) in [7, 11) is 0. The highest BCUT2D eigenvalue weighted by Crippen LogP contribution is 1.81. The Bertz CT molecular complexity index is 168. The van der Waals surface area contributed by atoms with Crippen LogP contribution in [0.2, 0.25) is 0 Å². The van der Waals surface area contributed by atoms with Crippen LogP contribution >= 0.6 is 0 Å². The lowest BCUT2D eigenvalue weighted by Gasteiger charge is -1.79. The first-order chi connectivity index (χ1) is 5.29. The van der Waals surface area contributed by atoms with Gasteiger partial charge >= 0.3 is 11.9 Å². The molecule has 4 radical (unpaired) electrons. The fourth-order valence-corrected chi connectivity index (χ4v) is 0. The van der Waals surface area contributed by atoms with Crippen molar-refractivity contribution in [2.24, 2.45) is 0 Å². The first kappa shape index (κ1) is 17.5. The lowest BCUT2D eigenvalue weighted by Crippen LogP contribution is -1.92. The molecule has 0 aliphatic carbocycles. The first-order valence-electron chi connectivity index (χ1n) is 3.06. The van der Waals surface area contributed by atoms with E-state index >= 15 is 0 Å². The molecule has 0 unspecified atom stereocenters. The van der Waals surface area contributed by atoms with E-state index in [-0.39, 0.29) is 18.6 Å². The normalized spacial score (nSPS) is 6.92. The van der Waals surface area contributed by atoms with Crippen molar-refractivity contribution < 1.29 is 19.8 Å². The maximum Gasteiger partial charge on any atom is 0.330 e. The minimum atomic E-state index is -0.935. The van der Waals surface area contributed by atoms with E-state index in [2.05, 4.69) is 13.2 Å². The third kappa shape index (κ3) is 17.9. The van der Waals surface area contributed by atoms with Crippen LogP contribution in [-0.2, 0) is 9.59 Å². The molecule has 2 N–H and O–H groups in total. The predicted octanol–water partition coefficient (Wildman–Crippen LogP) is 1.38. The lowest BCUT2D eigenvalue weighted by atomic mass is 10.4. The van der Waals surface area contributed by atoms with Crippen molar-refractivity contribution in [1.82, 2.24) is 0 Å². The van der Waals surface area contributed by atoms with Crippen LogP contribution < -0.4 is 0 Å². The Morgan fingerprint density at radius 2 is 1.00 bits per heavy atom. The molecule has 0 amide bonds. The van der Waals surface area contributed by atoms with Crippen molar-refractivity contribution in [1.29, 1.82) is 0 Å². The SMILES string of the molecule is C=C(C)C(=O)O.C=C(C)C(=O)O.[C]. The molecule has 4 heteroatoms. The maximum absolute atomic E-state index is 9.60. The van der Waals surface area contributed by atoms with Gasteiger partial charge in [0.25, 0.3) is 0 Å². The van der Waals surface area contributed by atoms with E-state index in [4.69, 9.17) is 10.2 Å². The Labute approximate surface area is 78.2 Å². The number of carboxylic acid groups (broad SMARTS) is 2. The van der Waals surface area contributed by atoms with Crippen LogP contribution in [0, 0.1) is 7.43 Å². The van der Waals surface area contributed by atoms with Crippen LogP contribution in [0.25, 0.3) is 0 Å². The number of carbonyl (C=O) groups is 2. The van der Waals surface area contributed by atoms with E-state index in [1.165, 1.54) is 13.8 Å². The molecular weight excluding hydrogens is 172 g/mol. The van der Waals surface area contributed by atoms with Gasteiger partial charge in [-0.3, -0.25) is 0 Å². The van der Waals surface area contributed by atoms with Gasteiger partial charge in [-0.1, -0.05) is 13.2 Å². The summed E-state index contributed by atoms with van der Waals surface area (Å²) >= 11 is 0. The summed E-state index contributed by atoms with van der Waals surface area (Å²) in [5.41, 5.74) is 0.352. The molecule has 4 nitrogen and oxygen atoms in total. The van der Waals surface area contributed by atoms with E-state index in [1.807, 2.05) is 0 Å². The van der Waals surface area contributed by atoms with Gasteiger partial charge in [-0.05, 0) is 13.8 Å². The van der Waals surface area contributed by atoms with Gasteiger partial charge in [-0.2, -0.15) is 0 Å². The molecule has 0 aliphatic rings. The van der Waals surface area contributed by atoms with Gasteiger partial charge in [0.15, 0.2) is 0 Å². The van der Waals surface area contributed by atoms with Crippen LogP contribution in [0.1, 0.15) is 13.8 Å². The summed E-state index contributed by atoms with van der Waals surface area (Å²) in [5, 5.41) is 15.8. The number of carboxylic acids is 2. The minimum absolute atomic E-state index is 0. The predicted molar refractivity (Wildman–Crippen MR) is 48.1 cm³/mol. The average Bonchev–Trinajstić information content (AvgIpc) is 1.88. The smallest absolute Gasteiger partial charge is 0.330 e. The largest absolute Gasteiger partial charge is 0.478 e. The molecule has 0 aliphatic heterocycles. The monoisotopic (exact) mass is 184 g/mol. The minimum Gasteiger partial charge on any atom is -0.478 e. The van der Waals surface area contributed by atoms with E-state index in [9.17, 15) is 9.59 Å². The second-order valence-electron chi connectivity index (χ2n) is 2.17. The van der Waals surface area contributed by atoms with Gasteiger partial charge in [0.1, 0.15) is 0 Å². The topological polar surface area (TPSA) is 74.6 Å². The quantitative estimate of drug-likeness (QED) is 0.635. The standard InChI is InChI=1S/2C4H6O2.C/c2*1-3(2)4(5)6;/h2*1H2,2H3,(H,5,6);. The molecule has 0 atom stereocenters. The fraction of sp³-hybridized carbons (Fsp3) is 0.222. The molecule has 0 aromatic carbocycles. The van der Waals surface area contributed by atoms with Crippen molar-refractivity contribution >= 4 is 11.9 Å². The third-order valence-corrected chi connectivity index (χ3v) is 0.730. The van der Waals surface area contributed by atoms with Crippen LogP contribution in [-0.4, -0.2) is 22.2 Å². The molecule has 13 heavy (non-hydrogen) atoms. The van der Waals surface area contributed by atoms with Crippen molar-refractivity contribution in [2.45, 2.75) is 13.8 Å². The summed E-state index contributed by atoms with van der Waals surface area (Å²) in [6.45, 7) is 9.20. The van der Waals surface area contributed by atoms with Gasteiger partial charge < -0.3 is 10.2 Å². The van der Waals surface area contributed by atoms with E-state index in [0.29, 0.717) is 0 Å². The Morgan fingerprint density at radius 1 is 0.923 bits per heavy atom. The first-order valence-corrected chi connectivity index (χ1v) is 3.06. The number of hydrogen-bond donors (Lipinski definition) is 2. The molecular formula is C9H12O4. The molecule has 0 saturated heterocycles. The van der Waals surface area contributed by atoms with Crippen LogP contribution in [0.5, 0.6) is 0 Å². The van der Waals surface area contributed by atoms with Crippen molar-refractivity contribution in [3.63, 3.8) is 0 Å². The highest BCUT2D eigenvalue weighted by molar-refractivity contribution is 5.85. The van der Waals surface area contributed by atoms with Gasteiger partial charge in [0.05, 0.1) is 0 Å². The Kier molecular flexibility index (Phi) is 11.5. The number of aliphatic carboxylic acids is 2.